The highest BCUT2D eigenvalue weighted by atomic mass is 35.5. The number of hydrogen-bond donors (Lipinski definition) is 2. The molecule has 2 fully saturated rings. The number of hydrogen-bond acceptors (Lipinski definition) is 7. The number of aliphatic carboxylic acids is 1. The molecule has 2 aliphatic heterocycles. The summed E-state index contributed by atoms with van der Waals surface area (Å²) < 4.78 is 13.5. The van der Waals surface area contributed by atoms with E-state index in [9.17, 15) is 15.0 Å². The van der Waals surface area contributed by atoms with Crippen LogP contribution in [-0.4, -0.2) is 82.3 Å². The molecule has 0 spiro atoms. The van der Waals surface area contributed by atoms with E-state index < -0.39 is 5.97 Å². The van der Waals surface area contributed by atoms with Crippen LogP contribution >= 0.6 is 23.2 Å². The second-order valence-corrected chi connectivity index (χ2v) is 14.0. The fraction of sp³-hybridized carbons (Fsp3) is 0.333. The van der Waals surface area contributed by atoms with Gasteiger partial charge in [-0.25, -0.2) is 0 Å². The van der Waals surface area contributed by atoms with Crippen molar-refractivity contribution < 1.29 is 24.5 Å². The van der Waals surface area contributed by atoms with Crippen LogP contribution in [0.2, 0.25) is 10.0 Å². The Labute approximate surface area is 301 Å². The van der Waals surface area contributed by atoms with Crippen molar-refractivity contribution in [1.29, 1.82) is 0 Å². The van der Waals surface area contributed by atoms with Crippen molar-refractivity contribution in [3.63, 3.8) is 0 Å². The maximum atomic E-state index is 11.4. The van der Waals surface area contributed by atoms with E-state index in [1.54, 1.807) is 14.2 Å². The van der Waals surface area contributed by atoms with Gasteiger partial charge in [-0.15, -0.1) is 0 Å². The molecule has 9 nitrogen and oxygen atoms in total. The summed E-state index contributed by atoms with van der Waals surface area (Å²) in [7, 11) is 3.32. The largest absolute Gasteiger partial charge is 0.496 e. The van der Waals surface area contributed by atoms with E-state index in [2.05, 4.69) is 15.9 Å². The number of aliphatic hydroxyl groups excluding tert-OH is 1. The van der Waals surface area contributed by atoms with Crippen molar-refractivity contribution in [3.05, 3.63) is 99.7 Å². The summed E-state index contributed by atoms with van der Waals surface area (Å²) in [6, 6.07) is 22.2. The van der Waals surface area contributed by atoms with Gasteiger partial charge in [-0.2, -0.15) is 5.10 Å². The van der Waals surface area contributed by atoms with Crippen LogP contribution in [0.15, 0.2) is 72.9 Å². The number of carbonyl (C=O) groups is 1. The van der Waals surface area contributed by atoms with E-state index in [4.69, 9.17) is 37.8 Å². The number of rotatable bonds is 11. The average molecular weight is 716 g/mol. The zero-order valence-corrected chi connectivity index (χ0v) is 29.6. The zero-order valence-electron chi connectivity index (χ0n) is 28.1. The Morgan fingerprint density at radius 3 is 2.26 bits per heavy atom. The predicted octanol–water partition coefficient (Wildman–Crippen LogP) is 7.22. The molecular formula is C39H40Cl2N4O5. The molecule has 11 heteroatoms. The first-order valence-electron chi connectivity index (χ1n) is 16.8. The topological polar surface area (TPSA) is 100 Å². The second-order valence-electron chi connectivity index (χ2n) is 13.2. The number of methoxy groups -OCH3 is 2. The van der Waals surface area contributed by atoms with Gasteiger partial charge in [0.15, 0.2) is 0 Å². The number of benzene rings is 4. The smallest absolute Gasteiger partial charge is 0.307 e. The van der Waals surface area contributed by atoms with Crippen LogP contribution in [0.25, 0.3) is 33.2 Å². The number of aromatic nitrogens is 2. The summed E-state index contributed by atoms with van der Waals surface area (Å²) in [6.07, 6.45) is 3.02. The van der Waals surface area contributed by atoms with E-state index in [1.807, 2.05) is 71.5 Å². The Morgan fingerprint density at radius 2 is 1.52 bits per heavy atom. The summed E-state index contributed by atoms with van der Waals surface area (Å²) in [5.74, 6) is 0.440. The van der Waals surface area contributed by atoms with Gasteiger partial charge in [0.2, 0.25) is 0 Å². The summed E-state index contributed by atoms with van der Waals surface area (Å²) in [5.41, 5.74) is 7.52. The van der Waals surface area contributed by atoms with E-state index >= 15 is 0 Å². The summed E-state index contributed by atoms with van der Waals surface area (Å²) >= 11 is 14.0. The fourth-order valence-electron chi connectivity index (χ4n) is 7.32. The van der Waals surface area contributed by atoms with Crippen LogP contribution in [-0.2, 0) is 24.4 Å². The fourth-order valence-corrected chi connectivity index (χ4v) is 7.90. The van der Waals surface area contributed by atoms with Crippen molar-refractivity contribution in [2.24, 2.45) is 5.92 Å². The molecule has 0 saturated carbocycles. The molecule has 0 aliphatic carbocycles. The normalized spacial score (nSPS) is 18.3. The lowest BCUT2D eigenvalue weighted by molar-refractivity contribution is -0.141. The highest BCUT2D eigenvalue weighted by molar-refractivity contribution is 6.36. The van der Waals surface area contributed by atoms with Crippen molar-refractivity contribution in [1.82, 2.24) is 19.6 Å². The van der Waals surface area contributed by atoms with Gasteiger partial charge < -0.3 is 19.7 Å². The van der Waals surface area contributed by atoms with Crippen molar-refractivity contribution >= 4 is 40.1 Å². The lowest BCUT2D eigenvalue weighted by Crippen LogP contribution is -2.23. The summed E-state index contributed by atoms with van der Waals surface area (Å²) in [5, 5.41) is 26.4. The van der Waals surface area contributed by atoms with E-state index in [0.29, 0.717) is 49.2 Å². The summed E-state index contributed by atoms with van der Waals surface area (Å²) in [6.45, 7) is 4.52. The van der Waals surface area contributed by atoms with Gasteiger partial charge in [-0.3, -0.25) is 19.3 Å². The Balaban J connectivity index is 1.15. The molecule has 2 atom stereocenters. The Hall–Kier alpha value is -4.12. The monoisotopic (exact) mass is 714 g/mol. The Morgan fingerprint density at radius 1 is 0.820 bits per heavy atom. The van der Waals surface area contributed by atoms with Gasteiger partial charge in [0, 0.05) is 65.4 Å². The number of carboxylic acids is 1. The van der Waals surface area contributed by atoms with Crippen molar-refractivity contribution in [2.75, 3.05) is 40.4 Å². The molecule has 2 N–H and O–H groups in total. The van der Waals surface area contributed by atoms with Crippen LogP contribution in [0, 0.1) is 5.92 Å². The van der Waals surface area contributed by atoms with Crippen LogP contribution in [0.1, 0.15) is 29.5 Å². The van der Waals surface area contributed by atoms with Gasteiger partial charge >= 0.3 is 5.97 Å². The maximum Gasteiger partial charge on any atom is 0.307 e. The number of likely N-dealkylation sites (tertiary alicyclic amines) is 2. The second kappa shape index (κ2) is 14.6. The van der Waals surface area contributed by atoms with Crippen molar-refractivity contribution in [3.8, 4) is 33.8 Å². The van der Waals surface area contributed by atoms with Crippen LogP contribution in [0.4, 0.5) is 0 Å². The first-order valence-corrected chi connectivity index (χ1v) is 17.6. The third-order valence-corrected chi connectivity index (χ3v) is 10.8. The highest BCUT2D eigenvalue weighted by Gasteiger charge is 2.28. The molecule has 260 valence electrons. The molecule has 0 radical (unpaired) electrons. The quantitative estimate of drug-likeness (QED) is 0.148. The molecule has 1 aromatic heterocycles. The molecule has 5 aromatic rings. The number of halogens is 2. The first kappa shape index (κ1) is 34.3. The molecule has 2 aliphatic rings. The minimum atomic E-state index is -0.737. The molecule has 2 saturated heterocycles. The lowest BCUT2D eigenvalue weighted by Gasteiger charge is -2.19. The van der Waals surface area contributed by atoms with Crippen LogP contribution in [0.3, 0.4) is 0 Å². The van der Waals surface area contributed by atoms with E-state index in [-0.39, 0.29) is 12.0 Å². The zero-order chi connectivity index (χ0) is 34.9. The summed E-state index contributed by atoms with van der Waals surface area (Å²) in [4.78, 5) is 15.8. The van der Waals surface area contributed by atoms with Crippen LogP contribution < -0.4 is 9.47 Å². The number of β-amino-alcohol motifs (C(OH)–C–C–N with tert-alkyl or cyclic N) is 1. The molecule has 0 bridgehead atoms. The third-order valence-electron chi connectivity index (χ3n) is 10.0. The Bertz CT molecular complexity index is 2050. The average Bonchev–Trinajstić information content (AvgIpc) is 3.86. The standard InChI is InChI=1S/C39H40Cl2N4O5/c1-49-36-16-24(9-10-25(36)19-43-13-11-26(20-43)39(47)48)30-5-3-7-32(38(30)41)31-6-4-8-35-33(31)18-42-45(35)22-27-17-37(50-2)28(15-34(27)40)21-44-14-12-29(46)23-44/h3-10,15-18,26,29,46H,11-14,19-23H2,1-2H3,(H,47,48)/t26-,29-/m1/s1. The maximum absolute atomic E-state index is 11.4. The number of fused-ring (bicyclic) bond motifs is 1. The van der Waals surface area contributed by atoms with Crippen molar-refractivity contribution in [2.45, 2.75) is 38.6 Å². The minimum Gasteiger partial charge on any atom is -0.496 e. The molecule has 7 rings (SSSR count). The SMILES string of the molecule is COc1cc(Cn2ncc3c(-c4cccc(-c5ccc(CN6CC[C@@H](C(=O)O)C6)c(OC)c5)c4Cl)cccc32)c(Cl)cc1CN1CC[C@@H](O)C1. The number of carboxylic acid groups (broad SMARTS) is 1. The molecule has 50 heavy (non-hydrogen) atoms. The molecule has 4 aromatic carbocycles. The minimum absolute atomic E-state index is 0.288. The lowest BCUT2D eigenvalue weighted by atomic mass is 9.96. The third kappa shape index (κ3) is 6.93. The van der Waals surface area contributed by atoms with E-state index in [1.165, 1.54) is 0 Å². The number of aliphatic hydroxyl groups is 1. The highest BCUT2D eigenvalue weighted by Crippen LogP contribution is 2.41. The van der Waals surface area contributed by atoms with E-state index in [0.717, 1.165) is 80.9 Å². The molecule has 0 amide bonds. The van der Waals surface area contributed by atoms with Gasteiger partial charge in [0.1, 0.15) is 11.5 Å². The number of ether oxygens (including phenoxy) is 2. The van der Waals surface area contributed by atoms with Gasteiger partial charge in [0.05, 0.1) is 49.5 Å². The molecular weight excluding hydrogens is 675 g/mol. The van der Waals surface area contributed by atoms with Gasteiger partial charge in [-0.1, -0.05) is 65.7 Å². The number of nitrogens with zero attached hydrogens (tertiary/aromatic N) is 4. The van der Waals surface area contributed by atoms with Gasteiger partial charge in [0.25, 0.3) is 0 Å². The predicted molar refractivity (Wildman–Crippen MR) is 196 cm³/mol. The first-order chi connectivity index (χ1) is 24.2. The van der Waals surface area contributed by atoms with Gasteiger partial charge in [-0.05, 0) is 60.3 Å². The molecule has 0 unspecified atom stereocenters. The van der Waals surface area contributed by atoms with Crippen LogP contribution in [0.5, 0.6) is 11.5 Å². The molecule has 3 heterocycles. The Kier molecular flexibility index (Phi) is 10.0.